The third-order valence-electron chi connectivity index (χ3n) is 2.12. The second kappa shape index (κ2) is 3.88. The highest BCUT2D eigenvalue weighted by atomic mass is 19.1. The van der Waals surface area contributed by atoms with Gasteiger partial charge in [0.15, 0.2) is 0 Å². The molecule has 0 bridgehead atoms. The van der Waals surface area contributed by atoms with Crippen molar-refractivity contribution in [1.29, 1.82) is 0 Å². The van der Waals surface area contributed by atoms with Crippen molar-refractivity contribution < 1.29 is 4.39 Å². The number of rotatable bonds is 2. The number of tetrazole rings is 1. The van der Waals surface area contributed by atoms with E-state index in [-0.39, 0.29) is 17.4 Å². The molecule has 2 aromatic rings. The molecule has 0 radical (unpaired) electrons. The molecule has 6 heteroatoms. The zero-order valence-electron chi connectivity index (χ0n) is 9.05. The number of nitrogens with zero attached hydrogens (tertiary/aromatic N) is 4. The van der Waals surface area contributed by atoms with Crippen molar-refractivity contribution in [2.45, 2.75) is 19.9 Å². The van der Waals surface area contributed by atoms with Crippen LogP contribution in [-0.2, 0) is 0 Å². The molecule has 1 heterocycles. The average molecular weight is 221 g/mol. The van der Waals surface area contributed by atoms with Crippen molar-refractivity contribution >= 4 is 5.69 Å². The minimum absolute atomic E-state index is 0.0883. The second-order valence-electron chi connectivity index (χ2n) is 3.77. The fourth-order valence-corrected chi connectivity index (χ4v) is 1.27. The molecule has 0 spiro atoms. The van der Waals surface area contributed by atoms with Crippen LogP contribution in [0.2, 0.25) is 0 Å². The monoisotopic (exact) mass is 221 g/mol. The summed E-state index contributed by atoms with van der Waals surface area (Å²) in [4.78, 5) is 1.43. The first-order valence-electron chi connectivity index (χ1n) is 4.93. The summed E-state index contributed by atoms with van der Waals surface area (Å²) in [6, 6.07) is 4.37. The third-order valence-corrected chi connectivity index (χ3v) is 2.12. The lowest BCUT2D eigenvalue weighted by molar-refractivity contribution is 0.455. The molecular formula is C10H12FN5. The van der Waals surface area contributed by atoms with Gasteiger partial charge in [0.2, 0.25) is 5.82 Å². The molecule has 1 aromatic heterocycles. The maximum absolute atomic E-state index is 13.5. The van der Waals surface area contributed by atoms with Gasteiger partial charge in [-0.2, -0.15) is 4.80 Å². The van der Waals surface area contributed by atoms with Gasteiger partial charge in [-0.25, -0.2) is 4.39 Å². The van der Waals surface area contributed by atoms with Gasteiger partial charge in [0, 0.05) is 5.69 Å². The number of nitrogens with two attached hydrogens (primary N) is 1. The Balaban J connectivity index is 2.46. The van der Waals surface area contributed by atoms with Crippen LogP contribution >= 0.6 is 0 Å². The summed E-state index contributed by atoms with van der Waals surface area (Å²) < 4.78 is 13.5. The molecule has 0 unspecified atom stereocenters. The van der Waals surface area contributed by atoms with Gasteiger partial charge in [0.25, 0.3) is 0 Å². The van der Waals surface area contributed by atoms with Gasteiger partial charge >= 0.3 is 0 Å². The van der Waals surface area contributed by atoms with E-state index in [1.165, 1.54) is 23.0 Å². The van der Waals surface area contributed by atoms with Crippen LogP contribution in [0.5, 0.6) is 0 Å². The molecule has 2 rings (SSSR count). The Bertz CT molecular complexity index is 506. The van der Waals surface area contributed by atoms with Gasteiger partial charge in [-0.15, -0.1) is 10.2 Å². The molecule has 5 nitrogen and oxygen atoms in total. The predicted molar refractivity (Wildman–Crippen MR) is 58.0 cm³/mol. The molecule has 84 valence electrons. The van der Waals surface area contributed by atoms with E-state index in [4.69, 9.17) is 5.73 Å². The molecule has 2 N–H and O–H groups in total. The van der Waals surface area contributed by atoms with Crippen LogP contribution in [0.1, 0.15) is 19.9 Å². The Labute approximate surface area is 92.1 Å². The minimum atomic E-state index is -0.405. The molecule has 16 heavy (non-hydrogen) atoms. The molecular weight excluding hydrogens is 209 g/mol. The molecule has 0 aliphatic carbocycles. The number of hydrogen-bond acceptors (Lipinski definition) is 4. The normalized spacial score (nSPS) is 11.0. The Hall–Kier alpha value is -1.98. The summed E-state index contributed by atoms with van der Waals surface area (Å²) in [5.74, 6) is -0.156. The quantitative estimate of drug-likeness (QED) is 0.783. The highest BCUT2D eigenvalue weighted by Gasteiger charge is 2.12. The Kier molecular flexibility index (Phi) is 2.55. The largest absolute Gasteiger partial charge is 0.399 e. The van der Waals surface area contributed by atoms with E-state index in [1.807, 2.05) is 13.8 Å². The standard InChI is InChI=1S/C10H12FN5/c1-6(2)16-14-10(13-15-16)8-5-7(12)3-4-9(8)11/h3-6H,12H2,1-2H3. The van der Waals surface area contributed by atoms with Gasteiger partial charge in [-0.1, -0.05) is 0 Å². The van der Waals surface area contributed by atoms with Crippen molar-refractivity contribution in [3.05, 3.63) is 24.0 Å². The van der Waals surface area contributed by atoms with Crippen molar-refractivity contribution in [1.82, 2.24) is 20.2 Å². The van der Waals surface area contributed by atoms with Crippen molar-refractivity contribution in [2.24, 2.45) is 0 Å². The number of aromatic nitrogens is 4. The summed E-state index contributed by atoms with van der Waals surface area (Å²) in [5, 5.41) is 11.7. The smallest absolute Gasteiger partial charge is 0.207 e. The van der Waals surface area contributed by atoms with Crippen LogP contribution in [0.25, 0.3) is 11.4 Å². The van der Waals surface area contributed by atoms with E-state index in [0.29, 0.717) is 5.69 Å². The van der Waals surface area contributed by atoms with E-state index in [0.717, 1.165) is 0 Å². The molecule has 0 atom stereocenters. The SMILES string of the molecule is CC(C)n1nnc(-c2cc(N)ccc2F)n1. The number of anilines is 1. The zero-order valence-corrected chi connectivity index (χ0v) is 9.05. The van der Waals surface area contributed by atoms with Gasteiger partial charge in [-0.3, -0.25) is 0 Å². The molecule has 0 amide bonds. The maximum atomic E-state index is 13.5. The van der Waals surface area contributed by atoms with Crippen molar-refractivity contribution in [2.75, 3.05) is 5.73 Å². The summed E-state index contributed by atoms with van der Waals surface area (Å²) >= 11 is 0. The molecule has 0 fully saturated rings. The number of benzene rings is 1. The molecule has 0 aliphatic rings. The van der Waals surface area contributed by atoms with Crippen LogP contribution in [0.4, 0.5) is 10.1 Å². The lowest BCUT2D eigenvalue weighted by Crippen LogP contribution is -2.04. The highest BCUT2D eigenvalue weighted by molar-refractivity contribution is 5.61. The number of nitrogen functional groups attached to an aromatic ring is 1. The minimum Gasteiger partial charge on any atom is -0.399 e. The van der Waals surface area contributed by atoms with E-state index in [9.17, 15) is 4.39 Å². The molecule has 0 saturated carbocycles. The van der Waals surface area contributed by atoms with Crippen LogP contribution in [0.15, 0.2) is 18.2 Å². The first kappa shape index (κ1) is 10.5. The van der Waals surface area contributed by atoms with E-state index in [2.05, 4.69) is 15.4 Å². The van der Waals surface area contributed by atoms with E-state index >= 15 is 0 Å². The Morgan fingerprint density at radius 3 is 2.75 bits per heavy atom. The molecule has 0 aliphatic heterocycles. The molecule has 0 saturated heterocycles. The average Bonchev–Trinajstić information content (AvgIpc) is 2.70. The third kappa shape index (κ3) is 1.86. The zero-order chi connectivity index (χ0) is 11.7. The van der Waals surface area contributed by atoms with Gasteiger partial charge in [0.05, 0.1) is 11.6 Å². The summed E-state index contributed by atoms with van der Waals surface area (Å²) in [6.45, 7) is 3.84. The summed E-state index contributed by atoms with van der Waals surface area (Å²) in [5.41, 5.74) is 6.32. The topological polar surface area (TPSA) is 69.6 Å². The van der Waals surface area contributed by atoms with Crippen molar-refractivity contribution in [3.8, 4) is 11.4 Å². The summed E-state index contributed by atoms with van der Waals surface area (Å²) in [6.07, 6.45) is 0. The van der Waals surface area contributed by atoms with E-state index < -0.39 is 5.82 Å². The maximum Gasteiger partial charge on any atom is 0.207 e. The van der Waals surface area contributed by atoms with Crippen LogP contribution in [0, 0.1) is 5.82 Å². The Morgan fingerprint density at radius 2 is 2.12 bits per heavy atom. The lowest BCUT2D eigenvalue weighted by Gasteiger charge is -2.00. The number of halogens is 1. The predicted octanol–water partition coefficient (Wildman–Crippen LogP) is 1.64. The van der Waals surface area contributed by atoms with Crippen molar-refractivity contribution in [3.63, 3.8) is 0 Å². The fourth-order valence-electron chi connectivity index (χ4n) is 1.27. The van der Waals surface area contributed by atoms with Crippen LogP contribution < -0.4 is 5.73 Å². The first-order chi connectivity index (χ1) is 7.58. The Morgan fingerprint density at radius 1 is 1.38 bits per heavy atom. The van der Waals surface area contributed by atoms with Gasteiger partial charge in [0.1, 0.15) is 5.82 Å². The van der Waals surface area contributed by atoms with Gasteiger partial charge in [-0.05, 0) is 37.3 Å². The number of hydrogen-bond donors (Lipinski definition) is 1. The lowest BCUT2D eigenvalue weighted by atomic mass is 10.2. The fraction of sp³-hybridized carbons (Fsp3) is 0.300. The van der Waals surface area contributed by atoms with E-state index in [1.54, 1.807) is 0 Å². The van der Waals surface area contributed by atoms with Gasteiger partial charge < -0.3 is 5.73 Å². The van der Waals surface area contributed by atoms with Crippen LogP contribution in [0.3, 0.4) is 0 Å². The first-order valence-corrected chi connectivity index (χ1v) is 4.93. The molecule has 1 aromatic carbocycles. The second-order valence-corrected chi connectivity index (χ2v) is 3.77. The highest BCUT2D eigenvalue weighted by Crippen LogP contribution is 2.21. The van der Waals surface area contributed by atoms with Crippen LogP contribution in [-0.4, -0.2) is 20.2 Å². The summed E-state index contributed by atoms with van der Waals surface area (Å²) in [7, 11) is 0.